The highest BCUT2D eigenvalue weighted by molar-refractivity contribution is 6.32. The molecule has 0 aliphatic heterocycles. The summed E-state index contributed by atoms with van der Waals surface area (Å²) < 4.78 is 0. The van der Waals surface area contributed by atoms with Crippen LogP contribution in [0, 0.1) is 10.1 Å². The van der Waals surface area contributed by atoms with E-state index < -0.39 is 11.0 Å². The molecule has 0 saturated heterocycles. The van der Waals surface area contributed by atoms with Crippen molar-refractivity contribution in [2.45, 2.75) is 12.5 Å². The van der Waals surface area contributed by atoms with Gasteiger partial charge in [-0.1, -0.05) is 17.7 Å². The molecule has 1 aromatic carbocycles. The molecule has 15 heavy (non-hydrogen) atoms. The highest BCUT2D eigenvalue weighted by Crippen LogP contribution is 2.25. The number of nitro benzene ring substituents is 1. The lowest BCUT2D eigenvalue weighted by Crippen LogP contribution is -2.21. The fourth-order valence-corrected chi connectivity index (χ4v) is 1.45. The maximum absolute atomic E-state index is 10.5. The summed E-state index contributed by atoms with van der Waals surface area (Å²) in [5.74, 6) is 0. The lowest BCUT2D eigenvalue weighted by Gasteiger charge is -2.07. The first-order valence-electron chi connectivity index (χ1n) is 4.35. The van der Waals surface area contributed by atoms with E-state index in [1.807, 2.05) is 0 Å². The number of halogens is 1. The zero-order valence-electron chi connectivity index (χ0n) is 7.89. The number of nitrogens with zero attached hydrogens (tertiary/aromatic N) is 1. The first-order chi connectivity index (χ1) is 7.04. The van der Waals surface area contributed by atoms with Crippen molar-refractivity contribution < 1.29 is 10.0 Å². The van der Waals surface area contributed by atoms with Crippen molar-refractivity contribution in [2.24, 2.45) is 5.73 Å². The lowest BCUT2D eigenvalue weighted by atomic mass is 10.1. The number of nitro groups is 1. The second kappa shape index (κ2) is 5.06. The van der Waals surface area contributed by atoms with Gasteiger partial charge in [-0.25, -0.2) is 0 Å². The zero-order chi connectivity index (χ0) is 11.4. The van der Waals surface area contributed by atoms with Crippen LogP contribution in [0.3, 0.4) is 0 Å². The largest absolute Gasteiger partial charge is 0.391 e. The van der Waals surface area contributed by atoms with E-state index in [1.165, 1.54) is 12.1 Å². The van der Waals surface area contributed by atoms with Crippen LogP contribution in [0.25, 0.3) is 0 Å². The number of aliphatic hydroxyl groups is 1. The van der Waals surface area contributed by atoms with Gasteiger partial charge in [0.2, 0.25) is 0 Å². The molecule has 1 aromatic rings. The van der Waals surface area contributed by atoms with Crippen molar-refractivity contribution in [2.75, 3.05) is 6.54 Å². The first kappa shape index (κ1) is 11.9. The number of hydrogen-bond donors (Lipinski definition) is 2. The maximum atomic E-state index is 10.5. The minimum Gasteiger partial charge on any atom is -0.391 e. The number of hydrogen-bond acceptors (Lipinski definition) is 4. The Morgan fingerprint density at radius 1 is 1.60 bits per heavy atom. The summed E-state index contributed by atoms with van der Waals surface area (Å²) >= 11 is 5.70. The summed E-state index contributed by atoms with van der Waals surface area (Å²) in [7, 11) is 0. The first-order valence-corrected chi connectivity index (χ1v) is 4.73. The summed E-state index contributed by atoms with van der Waals surface area (Å²) in [6.07, 6.45) is -0.309. The minimum atomic E-state index is -0.650. The third kappa shape index (κ3) is 3.16. The number of rotatable bonds is 4. The van der Waals surface area contributed by atoms with Crippen LogP contribution in [-0.4, -0.2) is 22.7 Å². The van der Waals surface area contributed by atoms with Crippen molar-refractivity contribution in [1.29, 1.82) is 0 Å². The van der Waals surface area contributed by atoms with E-state index in [4.69, 9.17) is 17.3 Å². The van der Waals surface area contributed by atoms with Gasteiger partial charge in [0.05, 0.1) is 11.0 Å². The molecule has 0 bridgehead atoms. The van der Waals surface area contributed by atoms with E-state index in [2.05, 4.69) is 0 Å². The highest BCUT2D eigenvalue weighted by Gasteiger charge is 2.13. The molecule has 5 nitrogen and oxygen atoms in total. The molecule has 0 aliphatic rings. The van der Waals surface area contributed by atoms with Gasteiger partial charge in [0, 0.05) is 12.6 Å². The summed E-state index contributed by atoms with van der Waals surface area (Å²) in [4.78, 5) is 9.91. The van der Waals surface area contributed by atoms with Gasteiger partial charge in [0.1, 0.15) is 5.02 Å². The van der Waals surface area contributed by atoms with Crippen LogP contribution in [0.15, 0.2) is 18.2 Å². The number of nitrogens with two attached hydrogens (primary N) is 1. The second-order valence-corrected chi connectivity index (χ2v) is 3.54. The fourth-order valence-electron chi connectivity index (χ4n) is 1.18. The van der Waals surface area contributed by atoms with E-state index in [9.17, 15) is 15.2 Å². The number of aliphatic hydroxyl groups excluding tert-OH is 1. The Morgan fingerprint density at radius 3 is 2.73 bits per heavy atom. The fraction of sp³-hybridized carbons (Fsp3) is 0.333. The van der Waals surface area contributed by atoms with Crippen LogP contribution in [0.4, 0.5) is 5.69 Å². The second-order valence-electron chi connectivity index (χ2n) is 3.14. The molecule has 0 radical (unpaired) electrons. The van der Waals surface area contributed by atoms with E-state index in [0.717, 1.165) is 5.56 Å². The summed E-state index contributed by atoms with van der Waals surface area (Å²) in [5, 5.41) is 19.8. The average molecular weight is 231 g/mol. The third-order valence-electron chi connectivity index (χ3n) is 1.95. The smallest absolute Gasteiger partial charge is 0.287 e. The van der Waals surface area contributed by atoms with Crippen LogP contribution in [0.2, 0.25) is 5.02 Å². The summed E-state index contributed by atoms with van der Waals surface area (Å²) in [6.45, 7) is 0.147. The van der Waals surface area contributed by atoms with Crippen molar-refractivity contribution in [3.63, 3.8) is 0 Å². The van der Waals surface area contributed by atoms with Gasteiger partial charge in [-0.05, 0) is 18.1 Å². The molecule has 82 valence electrons. The quantitative estimate of drug-likeness (QED) is 0.599. The van der Waals surface area contributed by atoms with Crippen LogP contribution < -0.4 is 5.73 Å². The van der Waals surface area contributed by atoms with Crippen molar-refractivity contribution >= 4 is 17.3 Å². The summed E-state index contributed by atoms with van der Waals surface area (Å²) in [5.41, 5.74) is 5.83. The van der Waals surface area contributed by atoms with E-state index in [0.29, 0.717) is 6.42 Å². The maximum Gasteiger partial charge on any atom is 0.287 e. The SMILES string of the molecule is NCC(O)Cc1ccc([N+](=O)[O-])c(Cl)c1. The van der Waals surface area contributed by atoms with Gasteiger partial charge in [0.25, 0.3) is 5.69 Å². The van der Waals surface area contributed by atoms with Gasteiger partial charge < -0.3 is 10.8 Å². The monoisotopic (exact) mass is 230 g/mol. The highest BCUT2D eigenvalue weighted by atomic mass is 35.5. The molecule has 1 unspecified atom stereocenters. The predicted octanol–water partition coefficient (Wildman–Crippen LogP) is 1.11. The molecule has 0 heterocycles. The van der Waals surface area contributed by atoms with Crippen molar-refractivity contribution in [1.82, 2.24) is 0 Å². The minimum absolute atomic E-state index is 0.0710. The number of benzene rings is 1. The van der Waals surface area contributed by atoms with Gasteiger partial charge >= 0.3 is 0 Å². The molecule has 0 aliphatic carbocycles. The Balaban J connectivity index is 2.87. The van der Waals surface area contributed by atoms with Gasteiger partial charge in [-0.2, -0.15) is 0 Å². The van der Waals surface area contributed by atoms with Crippen LogP contribution in [-0.2, 0) is 6.42 Å². The van der Waals surface area contributed by atoms with Gasteiger partial charge in [-0.15, -0.1) is 0 Å². The van der Waals surface area contributed by atoms with Crippen LogP contribution >= 0.6 is 11.6 Å². The molecule has 0 aromatic heterocycles. The third-order valence-corrected chi connectivity index (χ3v) is 2.25. The van der Waals surface area contributed by atoms with Crippen LogP contribution in [0.1, 0.15) is 5.56 Å². The molecule has 3 N–H and O–H groups in total. The average Bonchev–Trinajstić information content (AvgIpc) is 2.17. The Morgan fingerprint density at radius 2 is 2.27 bits per heavy atom. The molecule has 0 saturated carbocycles. The molecule has 1 atom stereocenters. The topological polar surface area (TPSA) is 89.4 Å². The van der Waals surface area contributed by atoms with Crippen molar-refractivity contribution in [3.05, 3.63) is 38.9 Å². The van der Waals surface area contributed by atoms with E-state index in [-0.39, 0.29) is 17.3 Å². The molecule has 0 amide bonds. The molecular weight excluding hydrogens is 220 g/mol. The Hall–Kier alpha value is -1.17. The Bertz CT molecular complexity index is 370. The molecule has 0 fully saturated rings. The Labute approximate surface area is 91.6 Å². The molecular formula is C9H11ClN2O3. The normalized spacial score (nSPS) is 12.5. The predicted molar refractivity (Wildman–Crippen MR) is 56.9 cm³/mol. The van der Waals surface area contributed by atoms with Crippen LogP contribution in [0.5, 0.6) is 0 Å². The van der Waals surface area contributed by atoms with Gasteiger partial charge in [-0.3, -0.25) is 10.1 Å². The van der Waals surface area contributed by atoms with Crippen molar-refractivity contribution in [3.8, 4) is 0 Å². The molecule has 1 rings (SSSR count). The molecule has 0 spiro atoms. The molecule has 6 heteroatoms. The van der Waals surface area contributed by atoms with E-state index in [1.54, 1.807) is 6.07 Å². The Kier molecular flexibility index (Phi) is 4.02. The zero-order valence-corrected chi connectivity index (χ0v) is 8.65. The van der Waals surface area contributed by atoms with E-state index >= 15 is 0 Å². The lowest BCUT2D eigenvalue weighted by molar-refractivity contribution is -0.384. The van der Waals surface area contributed by atoms with Gasteiger partial charge in [0.15, 0.2) is 0 Å². The standard InChI is InChI=1S/C9H11ClN2O3/c10-8-4-6(3-7(13)5-11)1-2-9(8)12(14)15/h1-2,4,7,13H,3,5,11H2. The summed E-state index contributed by atoms with van der Waals surface area (Å²) in [6, 6.07) is 4.35.